The van der Waals surface area contributed by atoms with E-state index in [0.717, 1.165) is 0 Å². The SMILES string of the molecule is C=CCNC(=O)C(=O)C(CCC)NC(=O)[C@@H]1[C@@H](C(C)C)CCN1C(=O)[C@@H](NC(=O)N[C@H](CN1C(=O)CCC1=O)C(C)(C)C)C(C)(C)C. The standard InChI is InChI=1S/C34H56N6O7/c1-11-13-22(27(43)30(45)35-17-12-2)36-29(44)26-21(20(3)4)16-18-39(26)31(46)28(34(8,9)10)38-32(47)37-23(33(5,6)7)19-40-24(41)14-15-25(40)42/h12,20-23,26,28H,2,11,13-19H2,1,3-10H3,(H,35,45)(H,36,44)(H2,37,38,47)/t21-,22?,23-,26+,28-/m1/s1. The van der Waals surface area contributed by atoms with Crippen LogP contribution in [0.3, 0.4) is 0 Å². The molecule has 2 rings (SSSR count). The summed E-state index contributed by atoms with van der Waals surface area (Å²) in [7, 11) is 0. The van der Waals surface area contributed by atoms with Crippen LogP contribution in [-0.4, -0.2) is 95.0 Å². The number of hydrogen-bond donors (Lipinski definition) is 4. The lowest BCUT2D eigenvalue weighted by atomic mass is 9.84. The second kappa shape index (κ2) is 16.4. The van der Waals surface area contributed by atoms with Crippen molar-refractivity contribution >= 4 is 41.4 Å². The molecule has 4 N–H and O–H groups in total. The average Bonchev–Trinajstić information content (AvgIpc) is 3.56. The summed E-state index contributed by atoms with van der Waals surface area (Å²) in [5.74, 6) is -3.33. The van der Waals surface area contributed by atoms with Gasteiger partial charge in [0.1, 0.15) is 12.1 Å². The molecule has 47 heavy (non-hydrogen) atoms. The van der Waals surface area contributed by atoms with E-state index in [1.54, 1.807) is 0 Å². The van der Waals surface area contributed by atoms with Crippen molar-refractivity contribution in [1.82, 2.24) is 31.1 Å². The third-order valence-corrected chi connectivity index (χ3v) is 8.95. The number of nitrogens with zero attached hydrogens (tertiary/aromatic N) is 2. The Morgan fingerprint density at radius 3 is 2.02 bits per heavy atom. The molecule has 0 spiro atoms. The van der Waals surface area contributed by atoms with Gasteiger partial charge in [0.15, 0.2) is 0 Å². The summed E-state index contributed by atoms with van der Waals surface area (Å²) in [6, 6.07) is -4.27. The number of carbonyl (C=O) groups is 7. The highest BCUT2D eigenvalue weighted by Crippen LogP contribution is 2.33. The molecule has 0 aliphatic carbocycles. The minimum absolute atomic E-state index is 0.0103. The molecule has 2 heterocycles. The Hall–Kier alpha value is -3.77. The van der Waals surface area contributed by atoms with Crippen LogP contribution in [0, 0.1) is 22.7 Å². The lowest BCUT2D eigenvalue weighted by Crippen LogP contribution is -2.62. The lowest BCUT2D eigenvalue weighted by Gasteiger charge is -2.38. The van der Waals surface area contributed by atoms with Gasteiger partial charge in [0.05, 0.1) is 12.1 Å². The van der Waals surface area contributed by atoms with Gasteiger partial charge >= 0.3 is 6.03 Å². The molecular formula is C34H56N6O7. The van der Waals surface area contributed by atoms with E-state index in [4.69, 9.17) is 0 Å². The number of amides is 7. The number of likely N-dealkylation sites (tertiary alicyclic amines) is 2. The Kier molecular flexibility index (Phi) is 13.7. The first-order chi connectivity index (χ1) is 21.7. The van der Waals surface area contributed by atoms with Gasteiger partial charge in [-0.05, 0) is 35.5 Å². The number of ketones is 1. The van der Waals surface area contributed by atoms with Crippen LogP contribution in [0.1, 0.15) is 94.4 Å². The maximum atomic E-state index is 14.3. The third kappa shape index (κ3) is 10.4. The molecule has 7 amide bonds. The van der Waals surface area contributed by atoms with Crippen molar-refractivity contribution < 1.29 is 33.6 Å². The smallest absolute Gasteiger partial charge is 0.315 e. The zero-order valence-corrected chi connectivity index (χ0v) is 29.7. The molecule has 2 aliphatic rings. The van der Waals surface area contributed by atoms with Crippen LogP contribution in [-0.2, 0) is 28.8 Å². The zero-order chi connectivity index (χ0) is 35.9. The first-order valence-corrected chi connectivity index (χ1v) is 16.7. The fourth-order valence-corrected chi connectivity index (χ4v) is 6.01. The van der Waals surface area contributed by atoms with E-state index in [0.29, 0.717) is 12.8 Å². The molecule has 264 valence electrons. The highest BCUT2D eigenvalue weighted by molar-refractivity contribution is 6.38. The molecule has 0 saturated carbocycles. The van der Waals surface area contributed by atoms with Crippen LogP contribution in [0.15, 0.2) is 12.7 Å². The molecule has 0 aromatic heterocycles. The van der Waals surface area contributed by atoms with E-state index >= 15 is 0 Å². The molecular weight excluding hydrogens is 604 g/mol. The van der Waals surface area contributed by atoms with Crippen LogP contribution in [0.2, 0.25) is 0 Å². The number of hydrogen-bond acceptors (Lipinski definition) is 7. The predicted octanol–water partition coefficient (Wildman–Crippen LogP) is 2.29. The number of nitrogens with one attached hydrogen (secondary N) is 4. The van der Waals surface area contributed by atoms with Crippen molar-refractivity contribution in [3.05, 3.63) is 12.7 Å². The molecule has 2 fully saturated rings. The first kappa shape index (κ1) is 39.4. The van der Waals surface area contributed by atoms with E-state index in [9.17, 15) is 33.6 Å². The molecule has 0 aromatic carbocycles. The van der Waals surface area contributed by atoms with Crippen molar-refractivity contribution in [3.8, 4) is 0 Å². The molecule has 5 atom stereocenters. The van der Waals surface area contributed by atoms with E-state index in [1.165, 1.54) is 15.9 Å². The molecule has 1 unspecified atom stereocenters. The summed E-state index contributed by atoms with van der Waals surface area (Å²) in [5.41, 5.74) is -1.30. The maximum absolute atomic E-state index is 14.3. The fraction of sp³-hybridized carbons (Fsp3) is 0.735. The van der Waals surface area contributed by atoms with Crippen LogP contribution in [0.5, 0.6) is 0 Å². The largest absolute Gasteiger partial charge is 0.346 e. The summed E-state index contributed by atoms with van der Waals surface area (Å²) >= 11 is 0. The maximum Gasteiger partial charge on any atom is 0.315 e. The number of rotatable bonds is 14. The van der Waals surface area contributed by atoms with Gasteiger partial charge in [-0.15, -0.1) is 6.58 Å². The first-order valence-electron chi connectivity index (χ1n) is 16.7. The van der Waals surface area contributed by atoms with Crippen molar-refractivity contribution in [2.45, 2.75) is 119 Å². The second-order valence-corrected chi connectivity index (χ2v) is 15.1. The lowest BCUT2D eigenvalue weighted by molar-refractivity contribution is -0.144. The van der Waals surface area contributed by atoms with Crippen LogP contribution >= 0.6 is 0 Å². The summed E-state index contributed by atoms with van der Waals surface area (Å²) in [4.78, 5) is 94.3. The van der Waals surface area contributed by atoms with Crippen LogP contribution < -0.4 is 21.3 Å². The second-order valence-electron chi connectivity index (χ2n) is 15.1. The number of urea groups is 1. The Morgan fingerprint density at radius 1 is 0.936 bits per heavy atom. The number of carbonyl (C=O) groups excluding carboxylic acids is 7. The fourth-order valence-electron chi connectivity index (χ4n) is 6.01. The Balaban J connectivity index is 2.32. The monoisotopic (exact) mass is 660 g/mol. The van der Waals surface area contributed by atoms with Crippen molar-refractivity contribution in [1.29, 1.82) is 0 Å². The van der Waals surface area contributed by atoms with E-state index in [2.05, 4.69) is 27.8 Å². The highest BCUT2D eigenvalue weighted by Gasteiger charge is 2.48. The summed E-state index contributed by atoms with van der Waals surface area (Å²) in [5, 5.41) is 10.9. The van der Waals surface area contributed by atoms with E-state index in [-0.39, 0.29) is 62.5 Å². The minimum Gasteiger partial charge on any atom is -0.346 e. The van der Waals surface area contributed by atoms with Gasteiger partial charge in [-0.2, -0.15) is 0 Å². The van der Waals surface area contributed by atoms with E-state index < -0.39 is 64.5 Å². The Labute approximate surface area is 279 Å². The van der Waals surface area contributed by atoms with Gasteiger partial charge in [-0.3, -0.25) is 33.7 Å². The van der Waals surface area contributed by atoms with Crippen molar-refractivity contribution in [3.63, 3.8) is 0 Å². The zero-order valence-electron chi connectivity index (χ0n) is 29.7. The normalized spacial score (nSPS) is 20.5. The van der Waals surface area contributed by atoms with Crippen LogP contribution in [0.4, 0.5) is 4.79 Å². The van der Waals surface area contributed by atoms with Gasteiger partial charge in [0.25, 0.3) is 5.91 Å². The quantitative estimate of drug-likeness (QED) is 0.126. The van der Waals surface area contributed by atoms with Crippen molar-refractivity contribution in [2.24, 2.45) is 22.7 Å². The number of Topliss-reactive ketones (excluding diaryl/α,β-unsaturated/α-hetero) is 1. The minimum atomic E-state index is -1.06. The van der Waals surface area contributed by atoms with Gasteiger partial charge in [0, 0.05) is 32.5 Å². The van der Waals surface area contributed by atoms with Gasteiger partial charge in [-0.1, -0.05) is 74.8 Å². The van der Waals surface area contributed by atoms with E-state index in [1.807, 2.05) is 62.3 Å². The molecule has 2 saturated heterocycles. The van der Waals surface area contributed by atoms with Gasteiger partial charge in [-0.25, -0.2) is 4.79 Å². The van der Waals surface area contributed by atoms with Gasteiger partial charge < -0.3 is 26.2 Å². The average molecular weight is 661 g/mol. The Bertz CT molecular complexity index is 1200. The molecule has 13 nitrogen and oxygen atoms in total. The van der Waals surface area contributed by atoms with Gasteiger partial charge in [0.2, 0.25) is 29.4 Å². The Morgan fingerprint density at radius 2 is 1.53 bits per heavy atom. The van der Waals surface area contributed by atoms with Crippen molar-refractivity contribution in [2.75, 3.05) is 19.6 Å². The number of imide groups is 1. The van der Waals surface area contributed by atoms with Crippen LogP contribution in [0.25, 0.3) is 0 Å². The summed E-state index contributed by atoms with van der Waals surface area (Å²) < 4.78 is 0. The summed E-state index contributed by atoms with van der Waals surface area (Å²) in [6.45, 7) is 20.8. The molecule has 0 aromatic rings. The molecule has 0 radical (unpaired) electrons. The topological polar surface area (TPSA) is 174 Å². The predicted molar refractivity (Wildman–Crippen MR) is 178 cm³/mol. The highest BCUT2D eigenvalue weighted by atomic mass is 16.2. The summed E-state index contributed by atoms with van der Waals surface area (Å²) in [6.07, 6.45) is 3.05. The molecule has 0 bridgehead atoms. The third-order valence-electron chi connectivity index (χ3n) is 8.95. The molecule has 13 heteroatoms. The molecule has 2 aliphatic heterocycles.